The molecule has 3 N–H and O–H groups in total. The second kappa shape index (κ2) is 6.94. The molecule has 1 atom stereocenters. The molecule has 1 unspecified atom stereocenters. The third kappa shape index (κ3) is 5.05. The van der Waals surface area contributed by atoms with Gasteiger partial charge in [-0.1, -0.05) is 11.8 Å². The lowest BCUT2D eigenvalue weighted by molar-refractivity contribution is 0.127. The number of hydrogen-bond donors (Lipinski definition) is 2. The standard InChI is InChI=1S/C15H20N2O3S/c1-12-8-13(4-2-6-16)10-14(9-12)17-21(18,19)11-15-5-3-7-20-15/h8-10,15,17H,3,5-7,11,16H2,1H3. The minimum atomic E-state index is -3.42. The smallest absolute Gasteiger partial charge is 0.235 e. The van der Waals surface area contributed by atoms with Gasteiger partial charge in [-0.3, -0.25) is 4.72 Å². The van der Waals surface area contributed by atoms with Gasteiger partial charge in [-0.25, -0.2) is 8.42 Å². The van der Waals surface area contributed by atoms with Gasteiger partial charge in [-0.15, -0.1) is 0 Å². The van der Waals surface area contributed by atoms with E-state index in [0.29, 0.717) is 12.3 Å². The molecule has 1 aliphatic rings. The number of nitrogens with one attached hydrogen (secondary N) is 1. The summed E-state index contributed by atoms with van der Waals surface area (Å²) in [6, 6.07) is 5.38. The van der Waals surface area contributed by atoms with Crippen LogP contribution in [0, 0.1) is 18.8 Å². The minimum absolute atomic E-state index is 0.00917. The highest BCUT2D eigenvalue weighted by Gasteiger charge is 2.23. The van der Waals surface area contributed by atoms with Crippen LogP contribution < -0.4 is 10.5 Å². The Hall–Kier alpha value is -1.55. The van der Waals surface area contributed by atoms with E-state index in [0.717, 1.165) is 24.0 Å². The maximum Gasteiger partial charge on any atom is 0.235 e. The zero-order chi connectivity index (χ0) is 15.3. The van der Waals surface area contributed by atoms with Crippen LogP contribution in [0.3, 0.4) is 0 Å². The number of benzene rings is 1. The van der Waals surface area contributed by atoms with Crippen molar-refractivity contribution in [2.24, 2.45) is 5.73 Å². The van der Waals surface area contributed by atoms with E-state index in [1.54, 1.807) is 12.1 Å². The normalized spacial score (nSPS) is 18.1. The predicted octanol–water partition coefficient (Wildman–Crippen LogP) is 1.23. The fraction of sp³-hybridized carbons (Fsp3) is 0.467. The second-order valence-electron chi connectivity index (χ2n) is 5.11. The third-order valence-electron chi connectivity index (χ3n) is 3.11. The average molecular weight is 308 g/mol. The highest BCUT2D eigenvalue weighted by atomic mass is 32.2. The molecule has 0 spiro atoms. The molecule has 114 valence electrons. The summed E-state index contributed by atoms with van der Waals surface area (Å²) in [6.07, 6.45) is 1.51. The van der Waals surface area contributed by atoms with Gasteiger partial charge in [0.1, 0.15) is 0 Å². The SMILES string of the molecule is Cc1cc(C#CCN)cc(NS(=O)(=O)CC2CCCO2)c1. The second-order valence-corrected chi connectivity index (χ2v) is 6.88. The highest BCUT2D eigenvalue weighted by molar-refractivity contribution is 7.92. The van der Waals surface area contributed by atoms with Crippen molar-refractivity contribution in [3.05, 3.63) is 29.3 Å². The maximum atomic E-state index is 12.1. The van der Waals surface area contributed by atoms with Crippen LogP contribution in [0.1, 0.15) is 24.0 Å². The molecule has 0 amide bonds. The molecule has 1 aliphatic heterocycles. The first-order chi connectivity index (χ1) is 9.98. The van der Waals surface area contributed by atoms with Gasteiger partial charge in [0, 0.05) is 17.9 Å². The molecule has 1 fully saturated rings. The van der Waals surface area contributed by atoms with Crippen molar-refractivity contribution in [2.75, 3.05) is 23.6 Å². The summed E-state index contributed by atoms with van der Waals surface area (Å²) in [5, 5.41) is 0. The molecule has 1 heterocycles. The summed E-state index contributed by atoms with van der Waals surface area (Å²) < 4.78 is 32.3. The lowest BCUT2D eigenvalue weighted by Gasteiger charge is -2.12. The van der Waals surface area contributed by atoms with Gasteiger partial charge in [-0.05, 0) is 43.5 Å². The Bertz CT molecular complexity index is 653. The summed E-state index contributed by atoms with van der Waals surface area (Å²) in [4.78, 5) is 0. The van der Waals surface area contributed by atoms with Crippen molar-refractivity contribution < 1.29 is 13.2 Å². The number of ether oxygens (including phenoxy) is 1. The Kier molecular flexibility index (Phi) is 5.23. The van der Waals surface area contributed by atoms with Crippen molar-refractivity contribution >= 4 is 15.7 Å². The van der Waals surface area contributed by atoms with Crippen LogP contribution >= 0.6 is 0 Å². The molecule has 1 saturated heterocycles. The van der Waals surface area contributed by atoms with Crippen LogP contribution in [0.15, 0.2) is 18.2 Å². The van der Waals surface area contributed by atoms with Crippen molar-refractivity contribution in [3.8, 4) is 11.8 Å². The Morgan fingerprint density at radius 3 is 2.90 bits per heavy atom. The first-order valence-electron chi connectivity index (χ1n) is 6.91. The van der Waals surface area contributed by atoms with Gasteiger partial charge in [0.15, 0.2) is 0 Å². The molecule has 0 radical (unpaired) electrons. The van der Waals surface area contributed by atoms with Crippen molar-refractivity contribution in [1.29, 1.82) is 0 Å². The zero-order valence-corrected chi connectivity index (χ0v) is 12.9. The molecule has 0 aromatic heterocycles. The molecule has 0 saturated carbocycles. The van der Waals surface area contributed by atoms with Crippen LogP contribution in [0.5, 0.6) is 0 Å². The van der Waals surface area contributed by atoms with Crippen LogP contribution in [0.4, 0.5) is 5.69 Å². The zero-order valence-electron chi connectivity index (χ0n) is 12.1. The predicted molar refractivity (Wildman–Crippen MR) is 83.5 cm³/mol. The fourth-order valence-electron chi connectivity index (χ4n) is 2.31. The van der Waals surface area contributed by atoms with Crippen molar-refractivity contribution in [3.63, 3.8) is 0 Å². The van der Waals surface area contributed by atoms with Crippen LogP contribution in [0.2, 0.25) is 0 Å². The number of anilines is 1. The average Bonchev–Trinajstić information content (AvgIpc) is 2.87. The van der Waals surface area contributed by atoms with Gasteiger partial charge >= 0.3 is 0 Å². The summed E-state index contributed by atoms with van der Waals surface area (Å²) in [6.45, 7) is 2.81. The minimum Gasteiger partial charge on any atom is -0.377 e. The van der Waals surface area contributed by atoms with E-state index in [2.05, 4.69) is 16.6 Å². The lowest BCUT2D eigenvalue weighted by atomic mass is 10.1. The highest BCUT2D eigenvalue weighted by Crippen LogP contribution is 2.18. The largest absolute Gasteiger partial charge is 0.377 e. The van der Waals surface area contributed by atoms with Crippen LogP contribution in [0.25, 0.3) is 0 Å². The van der Waals surface area contributed by atoms with Gasteiger partial charge in [0.25, 0.3) is 0 Å². The molecule has 1 aromatic carbocycles. The van der Waals surface area contributed by atoms with E-state index in [1.165, 1.54) is 0 Å². The summed E-state index contributed by atoms with van der Waals surface area (Å²) in [7, 11) is -3.42. The van der Waals surface area contributed by atoms with Gasteiger partial charge in [-0.2, -0.15) is 0 Å². The quantitative estimate of drug-likeness (QED) is 0.820. The number of aryl methyl sites for hydroxylation is 1. The van der Waals surface area contributed by atoms with E-state index in [9.17, 15) is 8.42 Å². The first kappa shape index (κ1) is 15.8. The van der Waals surface area contributed by atoms with Crippen molar-refractivity contribution in [2.45, 2.75) is 25.9 Å². The summed E-state index contributed by atoms with van der Waals surface area (Å²) in [5.41, 5.74) is 7.55. The Morgan fingerprint density at radius 1 is 1.43 bits per heavy atom. The van der Waals surface area contributed by atoms with Gasteiger partial charge in [0.2, 0.25) is 10.0 Å². The Morgan fingerprint density at radius 2 is 2.24 bits per heavy atom. The van der Waals surface area contributed by atoms with Gasteiger partial charge < -0.3 is 10.5 Å². The van der Waals surface area contributed by atoms with Crippen LogP contribution in [-0.4, -0.2) is 33.4 Å². The molecule has 2 rings (SSSR count). The molecule has 21 heavy (non-hydrogen) atoms. The third-order valence-corrected chi connectivity index (χ3v) is 4.47. The number of rotatable bonds is 4. The fourth-order valence-corrected chi connectivity index (χ4v) is 3.62. The Labute approximate surface area is 125 Å². The molecule has 1 aromatic rings. The molecular formula is C15H20N2O3S. The lowest BCUT2D eigenvalue weighted by Crippen LogP contribution is -2.25. The summed E-state index contributed by atoms with van der Waals surface area (Å²) >= 11 is 0. The Balaban J connectivity index is 2.12. The number of nitrogens with two attached hydrogens (primary N) is 1. The first-order valence-corrected chi connectivity index (χ1v) is 8.56. The molecule has 5 nitrogen and oxygen atoms in total. The van der Waals surface area contributed by atoms with E-state index < -0.39 is 10.0 Å². The van der Waals surface area contributed by atoms with E-state index >= 15 is 0 Å². The van der Waals surface area contributed by atoms with E-state index in [1.807, 2.05) is 13.0 Å². The molecule has 0 bridgehead atoms. The van der Waals surface area contributed by atoms with E-state index in [-0.39, 0.29) is 18.4 Å². The topological polar surface area (TPSA) is 81.4 Å². The van der Waals surface area contributed by atoms with Crippen molar-refractivity contribution in [1.82, 2.24) is 0 Å². The van der Waals surface area contributed by atoms with Gasteiger partial charge in [0.05, 0.1) is 18.4 Å². The number of hydrogen-bond acceptors (Lipinski definition) is 4. The molecule has 6 heteroatoms. The monoisotopic (exact) mass is 308 g/mol. The maximum absolute atomic E-state index is 12.1. The van der Waals surface area contributed by atoms with E-state index in [4.69, 9.17) is 10.5 Å². The number of sulfonamides is 1. The summed E-state index contributed by atoms with van der Waals surface area (Å²) in [5.74, 6) is 5.66. The molecular weight excluding hydrogens is 288 g/mol. The molecule has 0 aliphatic carbocycles. The van der Waals surface area contributed by atoms with Crippen LogP contribution in [-0.2, 0) is 14.8 Å².